The zero-order valence-electron chi connectivity index (χ0n) is 14.3. The van der Waals surface area contributed by atoms with Crippen LogP contribution in [0.3, 0.4) is 0 Å². The summed E-state index contributed by atoms with van der Waals surface area (Å²) in [7, 11) is 0. The molecule has 3 rings (SSSR count). The second-order valence-corrected chi connectivity index (χ2v) is 7.44. The Bertz CT molecular complexity index is 653. The first-order chi connectivity index (χ1) is 11.8. The van der Waals surface area contributed by atoms with Gasteiger partial charge in [0.05, 0.1) is 4.88 Å². The maximum Gasteiger partial charge on any atom is 0.261 e. The zero-order valence-corrected chi connectivity index (χ0v) is 15.1. The van der Waals surface area contributed by atoms with Crippen LogP contribution in [0.4, 0.5) is 0 Å². The normalized spacial score (nSPS) is 18.5. The molecule has 1 atom stereocenters. The van der Waals surface area contributed by atoms with Gasteiger partial charge in [-0.3, -0.25) is 4.79 Å². The summed E-state index contributed by atoms with van der Waals surface area (Å²) in [5.74, 6) is 0.0514. The van der Waals surface area contributed by atoms with Crippen LogP contribution in [0.1, 0.15) is 42.3 Å². The Hall–Kier alpha value is -1.65. The van der Waals surface area contributed by atoms with E-state index in [0.29, 0.717) is 6.04 Å². The van der Waals surface area contributed by atoms with Crippen molar-refractivity contribution >= 4 is 17.2 Å². The van der Waals surface area contributed by atoms with Gasteiger partial charge in [-0.05, 0) is 49.7 Å². The Kier molecular flexibility index (Phi) is 6.05. The summed E-state index contributed by atoms with van der Waals surface area (Å²) in [5.41, 5.74) is 2.13. The molecule has 0 saturated carbocycles. The quantitative estimate of drug-likeness (QED) is 0.789. The smallest absolute Gasteiger partial charge is 0.261 e. The fourth-order valence-corrected chi connectivity index (χ4v) is 4.22. The van der Waals surface area contributed by atoms with Crippen LogP contribution in [-0.2, 0) is 0 Å². The molecule has 1 N–H and O–H groups in total. The molecule has 1 aromatic heterocycles. The monoisotopic (exact) mass is 342 g/mol. The lowest BCUT2D eigenvalue weighted by atomic mass is 10.0. The maximum atomic E-state index is 12.5. The van der Waals surface area contributed by atoms with Crippen LogP contribution in [0.15, 0.2) is 41.8 Å². The van der Waals surface area contributed by atoms with Gasteiger partial charge in [0, 0.05) is 24.7 Å². The molecule has 0 spiro atoms. The minimum atomic E-state index is 0.0514. The predicted octanol–water partition coefficient (Wildman–Crippen LogP) is 4.41. The lowest BCUT2D eigenvalue weighted by molar-refractivity contribution is 0.0953. The van der Waals surface area contributed by atoms with Gasteiger partial charge in [-0.2, -0.15) is 0 Å². The zero-order chi connectivity index (χ0) is 16.8. The molecular formula is C20H26N2OS. The van der Waals surface area contributed by atoms with E-state index < -0.39 is 0 Å². The molecule has 0 aliphatic carbocycles. The van der Waals surface area contributed by atoms with E-state index in [2.05, 4.69) is 29.3 Å². The Balaban J connectivity index is 1.50. The average Bonchev–Trinajstić information content (AvgIpc) is 3.10. The first-order valence-electron chi connectivity index (χ1n) is 8.91. The Morgan fingerprint density at radius 2 is 2.08 bits per heavy atom. The second kappa shape index (κ2) is 8.45. The van der Waals surface area contributed by atoms with Crippen LogP contribution in [0.25, 0.3) is 11.1 Å². The number of benzene rings is 1. The van der Waals surface area contributed by atoms with Crippen LogP contribution in [0, 0.1) is 0 Å². The fourth-order valence-electron chi connectivity index (χ4n) is 3.38. The van der Waals surface area contributed by atoms with E-state index in [0.717, 1.165) is 35.5 Å². The van der Waals surface area contributed by atoms with E-state index in [1.807, 2.05) is 29.6 Å². The molecule has 0 bridgehead atoms. The summed E-state index contributed by atoms with van der Waals surface area (Å²) in [6, 6.07) is 12.8. The highest BCUT2D eigenvalue weighted by Gasteiger charge is 2.18. The Labute approximate surface area is 148 Å². The number of hydrogen-bond donors (Lipinski definition) is 1. The van der Waals surface area contributed by atoms with Gasteiger partial charge in [0.25, 0.3) is 5.91 Å². The van der Waals surface area contributed by atoms with Gasteiger partial charge in [-0.25, -0.2) is 0 Å². The van der Waals surface area contributed by atoms with E-state index >= 15 is 0 Å². The highest BCUT2D eigenvalue weighted by Crippen LogP contribution is 2.28. The highest BCUT2D eigenvalue weighted by molar-refractivity contribution is 7.12. The second-order valence-electron chi connectivity index (χ2n) is 6.52. The molecule has 1 aliphatic rings. The average molecular weight is 343 g/mol. The predicted molar refractivity (Wildman–Crippen MR) is 102 cm³/mol. The van der Waals surface area contributed by atoms with Crippen LogP contribution in [0.2, 0.25) is 0 Å². The van der Waals surface area contributed by atoms with Crippen LogP contribution in [0.5, 0.6) is 0 Å². The molecule has 1 amide bonds. The van der Waals surface area contributed by atoms with Crippen molar-refractivity contribution < 1.29 is 4.79 Å². The fraction of sp³-hybridized carbons (Fsp3) is 0.450. The third-order valence-electron chi connectivity index (χ3n) is 4.80. The lowest BCUT2D eigenvalue weighted by Gasteiger charge is -2.33. The molecule has 1 unspecified atom stereocenters. The first kappa shape index (κ1) is 17.2. The maximum absolute atomic E-state index is 12.5. The number of amides is 1. The number of piperidine rings is 1. The molecule has 3 nitrogen and oxygen atoms in total. The molecule has 1 aliphatic heterocycles. The van der Waals surface area contributed by atoms with E-state index in [1.54, 1.807) is 0 Å². The first-order valence-corrected chi connectivity index (χ1v) is 9.79. The molecule has 2 heterocycles. The number of nitrogens with one attached hydrogen (secondary N) is 1. The van der Waals surface area contributed by atoms with Crippen molar-refractivity contribution in [3.8, 4) is 11.1 Å². The molecule has 2 aromatic rings. The van der Waals surface area contributed by atoms with Gasteiger partial charge in [-0.1, -0.05) is 36.8 Å². The summed E-state index contributed by atoms with van der Waals surface area (Å²) in [6.45, 7) is 5.35. The number of carbonyl (C=O) groups excluding carboxylic acids is 1. The van der Waals surface area contributed by atoms with E-state index in [9.17, 15) is 4.79 Å². The van der Waals surface area contributed by atoms with Crippen molar-refractivity contribution in [2.75, 3.05) is 19.6 Å². The minimum absolute atomic E-state index is 0.0514. The molecule has 0 radical (unpaired) electrons. The standard InChI is InChI=1S/C20H26N2OS/c1-16-8-5-6-13-22(16)14-7-12-21-20(23)19-18(11-15-24-19)17-9-3-2-4-10-17/h2-4,9-11,15-16H,5-8,12-14H2,1H3,(H,21,23). The number of rotatable bonds is 6. The molecule has 1 saturated heterocycles. The molecule has 24 heavy (non-hydrogen) atoms. The summed E-state index contributed by atoms with van der Waals surface area (Å²) in [4.78, 5) is 15.9. The number of likely N-dealkylation sites (tertiary alicyclic amines) is 1. The van der Waals surface area contributed by atoms with Gasteiger partial charge < -0.3 is 10.2 Å². The van der Waals surface area contributed by atoms with Gasteiger partial charge in [0.15, 0.2) is 0 Å². The van der Waals surface area contributed by atoms with E-state index in [-0.39, 0.29) is 5.91 Å². The van der Waals surface area contributed by atoms with Crippen molar-refractivity contribution in [1.82, 2.24) is 10.2 Å². The molecule has 4 heteroatoms. The minimum Gasteiger partial charge on any atom is -0.351 e. The van der Waals surface area contributed by atoms with Gasteiger partial charge in [-0.15, -0.1) is 11.3 Å². The lowest BCUT2D eigenvalue weighted by Crippen LogP contribution is -2.39. The summed E-state index contributed by atoms with van der Waals surface area (Å²) >= 11 is 1.52. The summed E-state index contributed by atoms with van der Waals surface area (Å²) < 4.78 is 0. The van der Waals surface area contributed by atoms with Crippen molar-refractivity contribution in [2.24, 2.45) is 0 Å². The molecular weight excluding hydrogens is 316 g/mol. The van der Waals surface area contributed by atoms with Crippen LogP contribution < -0.4 is 5.32 Å². The van der Waals surface area contributed by atoms with E-state index in [1.165, 1.54) is 37.1 Å². The van der Waals surface area contributed by atoms with Gasteiger partial charge in [0.2, 0.25) is 0 Å². The molecule has 1 fully saturated rings. The van der Waals surface area contributed by atoms with Crippen molar-refractivity contribution in [2.45, 2.75) is 38.6 Å². The Morgan fingerprint density at radius 1 is 1.25 bits per heavy atom. The molecule has 1 aromatic carbocycles. The number of nitrogens with zero attached hydrogens (tertiary/aromatic N) is 1. The number of carbonyl (C=O) groups is 1. The van der Waals surface area contributed by atoms with Crippen molar-refractivity contribution in [1.29, 1.82) is 0 Å². The van der Waals surface area contributed by atoms with Gasteiger partial charge in [0.1, 0.15) is 0 Å². The number of thiophene rings is 1. The SMILES string of the molecule is CC1CCCCN1CCCNC(=O)c1sccc1-c1ccccc1. The van der Waals surface area contributed by atoms with E-state index in [4.69, 9.17) is 0 Å². The third kappa shape index (κ3) is 4.25. The molecule has 128 valence electrons. The van der Waals surface area contributed by atoms with Crippen LogP contribution >= 0.6 is 11.3 Å². The largest absolute Gasteiger partial charge is 0.351 e. The Morgan fingerprint density at radius 3 is 2.88 bits per heavy atom. The summed E-state index contributed by atoms with van der Waals surface area (Å²) in [5, 5.41) is 5.09. The van der Waals surface area contributed by atoms with Gasteiger partial charge >= 0.3 is 0 Å². The van der Waals surface area contributed by atoms with Crippen molar-refractivity contribution in [3.63, 3.8) is 0 Å². The third-order valence-corrected chi connectivity index (χ3v) is 5.72. The topological polar surface area (TPSA) is 32.3 Å². The summed E-state index contributed by atoms with van der Waals surface area (Å²) in [6.07, 6.45) is 4.99. The highest BCUT2D eigenvalue weighted by atomic mass is 32.1. The van der Waals surface area contributed by atoms with Crippen molar-refractivity contribution in [3.05, 3.63) is 46.7 Å². The number of hydrogen-bond acceptors (Lipinski definition) is 3. The van der Waals surface area contributed by atoms with Crippen LogP contribution in [-0.4, -0.2) is 36.5 Å².